The Hall–Kier alpha value is -3.00. The number of methoxy groups -OCH3 is 1. The molecule has 3 aromatic carbocycles. The van der Waals surface area contributed by atoms with Gasteiger partial charge in [-0.15, -0.1) is 0 Å². The molecule has 1 heterocycles. The van der Waals surface area contributed by atoms with Gasteiger partial charge in [-0.1, -0.05) is 60.7 Å². The average Bonchev–Trinajstić information content (AvgIpc) is 3.00. The van der Waals surface area contributed by atoms with E-state index in [0.717, 1.165) is 18.7 Å². The average molecular weight is 327 g/mol. The van der Waals surface area contributed by atoms with Crippen LogP contribution in [-0.4, -0.2) is 11.7 Å². The van der Waals surface area contributed by atoms with Crippen LogP contribution in [0.25, 0.3) is 10.9 Å². The second-order valence-electron chi connectivity index (χ2n) is 6.31. The highest BCUT2D eigenvalue weighted by Crippen LogP contribution is 2.28. The minimum atomic E-state index is 0.873. The van der Waals surface area contributed by atoms with Crippen molar-refractivity contribution in [3.8, 4) is 5.75 Å². The van der Waals surface area contributed by atoms with E-state index in [1.54, 1.807) is 7.11 Å². The van der Waals surface area contributed by atoms with Crippen LogP contribution in [-0.2, 0) is 13.0 Å². The number of benzene rings is 3. The Balaban J connectivity index is 1.78. The highest BCUT2D eigenvalue weighted by Gasteiger charge is 2.11. The van der Waals surface area contributed by atoms with Crippen molar-refractivity contribution in [2.45, 2.75) is 13.0 Å². The summed E-state index contributed by atoms with van der Waals surface area (Å²) in [4.78, 5) is 0. The zero-order chi connectivity index (χ0) is 17.1. The molecule has 0 aliphatic heterocycles. The van der Waals surface area contributed by atoms with Crippen LogP contribution in [0.15, 0.2) is 85.1 Å². The minimum Gasteiger partial charge on any atom is -0.497 e. The number of hydrogen-bond donors (Lipinski definition) is 0. The Morgan fingerprint density at radius 3 is 2.16 bits per heavy atom. The Morgan fingerprint density at radius 2 is 1.48 bits per heavy atom. The van der Waals surface area contributed by atoms with Crippen LogP contribution in [0.2, 0.25) is 0 Å². The Morgan fingerprint density at radius 1 is 0.800 bits per heavy atom. The van der Waals surface area contributed by atoms with Gasteiger partial charge < -0.3 is 9.30 Å². The molecule has 124 valence electrons. The molecule has 0 spiro atoms. The second-order valence-corrected chi connectivity index (χ2v) is 6.31. The van der Waals surface area contributed by atoms with Gasteiger partial charge in [0.1, 0.15) is 5.75 Å². The summed E-state index contributed by atoms with van der Waals surface area (Å²) in [6.07, 6.45) is 3.20. The molecule has 25 heavy (non-hydrogen) atoms. The Kier molecular flexibility index (Phi) is 4.26. The first kappa shape index (κ1) is 15.5. The molecular weight excluding hydrogens is 306 g/mol. The third-order valence-corrected chi connectivity index (χ3v) is 4.60. The van der Waals surface area contributed by atoms with E-state index in [1.807, 2.05) is 6.07 Å². The molecule has 0 saturated carbocycles. The van der Waals surface area contributed by atoms with Gasteiger partial charge >= 0.3 is 0 Å². The summed E-state index contributed by atoms with van der Waals surface area (Å²) < 4.78 is 7.78. The van der Waals surface area contributed by atoms with Crippen molar-refractivity contribution in [2.24, 2.45) is 0 Å². The van der Waals surface area contributed by atoms with Gasteiger partial charge in [-0.3, -0.25) is 0 Å². The van der Waals surface area contributed by atoms with Crippen molar-refractivity contribution in [2.75, 3.05) is 7.11 Å². The van der Waals surface area contributed by atoms with E-state index in [2.05, 4.69) is 83.6 Å². The minimum absolute atomic E-state index is 0.873. The first-order chi connectivity index (χ1) is 12.3. The zero-order valence-electron chi connectivity index (χ0n) is 14.4. The molecule has 0 atom stereocenters. The standard InChI is InChI=1S/C23H21NO/c1-25-21-12-13-23-22(15-21)20(14-18-8-4-2-5-9-18)17-24(23)16-19-10-6-3-7-11-19/h2-13,15,17H,14,16H2,1H3. The van der Waals surface area contributed by atoms with Gasteiger partial charge in [-0.05, 0) is 41.3 Å². The normalized spacial score (nSPS) is 10.9. The first-order valence-electron chi connectivity index (χ1n) is 8.57. The number of fused-ring (bicyclic) bond motifs is 1. The van der Waals surface area contributed by atoms with Gasteiger partial charge in [0.05, 0.1) is 7.11 Å². The van der Waals surface area contributed by atoms with Gasteiger partial charge in [0, 0.05) is 23.6 Å². The number of ether oxygens (including phenoxy) is 1. The zero-order valence-corrected chi connectivity index (χ0v) is 14.4. The van der Waals surface area contributed by atoms with Crippen molar-refractivity contribution in [1.82, 2.24) is 4.57 Å². The monoisotopic (exact) mass is 327 g/mol. The lowest BCUT2D eigenvalue weighted by Crippen LogP contribution is -1.97. The van der Waals surface area contributed by atoms with Crippen LogP contribution in [0.3, 0.4) is 0 Å². The molecular formula is C23H21NO. The SMILES string of the molecule is COc1ccc2c(c1)c(Cc1ccccc1)cn2Cc1ccccc1. The van der Waals surface area contributed by atoms with Crippen LogP contribution in [0.1, 0.15) is 16.7 Å². The van der Waals surface area contributed by atoms with Crippen LogP contribution < -0.4 is 4.74 Å². The highest BCUT2D eigenvalue weighted by atomic mass is 16.5. The fourth-order valence-corrected chi connectivity index (χ4v) is 3.34. The number of nitrogens with zero attached hydrogens (tertiary/aromatic N) is 1. The van der Waals surface area contributed by atoms with E-state index < -0.39 is 0 Å². The molecule has 0 aliphatic rings. The maximum atomic E-state index is 5.45. The summed E-state index contributed by atoms with van der Waals surface area (Å²) >= 11 is 0. The van der Waals surface area contributed by atoms with E-state index in [-0.39, 0.29) is 0 Å². The maximum Gasteiger partial charge on any atom is 0.119 e. The quantitative estimate of drug-likeness (QED) is 0.486. The molecule has 2 heteroatoms. The van der Waals surface area contributed by atoms with Gasteiger partial charge in [0.25, 0.3) is 0 Å². The number of rotatable bonds is 5. The Bertz CT molecular complexity index is 971. The lowest BCUT2D eigenvalue weighted by molar-refractivity contribution is 0.415. The van der Waals surface area contributed by atoms with Gasteiger partial charge in [0.2, 0.25) is 0 Å². The van der Waals surface area contributed by atoms with Crippen molar-refractivity contribution in [3.63, 3.8) is 0 Å². The first-order valence-corrected chi connectivity index (χ1v) is 8.57. The summed E-state index contributed by atoms with van der Waals surface area (Å²) in [5.41, 5.74) is 5.21. The molecule has 0 fully saturated rings. The van der Waals surface area contributed by atoms with Gasteiger partial charge in [0.15, 0.2) is 0 Å². The Labute approximate surface area is 148 Å². The molecule has 1 aromatic heterocycles. The highest BCUT2D eigenvalue weighted by molar-refractivity contribution is 5.86. The molecule has 0 aliphatic carbocycles. The third-order valence-electron chi connectivity index (χ3n) is 4.60. The van der Waals surface area contributed by atoms with E-state index in [1.165, 1.54) is 27.6 Å². The smallest absolute Gasteiger partial charge is 0.119 e. The number of aromatic nitrogens is 1. The van der Waals surface area contributed by atoms with Gasteiger partial charge in [-0.25, -0.2) is 0 Å². The molecule has 0 bridgehead atoms. The van der Waals surface area contributed by atoms with Crippen molar-refractivity contribution in [1.29, 1.82) is 0 Å². The fourth-order valence-electron chi connectivity index (χ4n) is 3.34. The van der Waals surface area contributed by atoms with Crippen LogP contribution in [0.4, 0.5) is 0 Å². The van der Waals surface area contributed by atoms with Crippen LogP contribution in [0.5, 0.6) is 5.75 Å². The molecule has 0 N–H and O–H groups in total. The molecule has 0 amide bonds. The van der Waals surface area contributed by atoms with E-state index in [9.17, 15) is 0 Å². The lowest BCUT2D eigenvalue weighted by Gasteiger charge is -2.06. The molecule has 2 nitrogen and oxygen atoms in total. The molecule has 4 aromatic rings. The molecule has 0 radical (unpaired) electrons. The maximum absolute atomic E-state index is 5.45. The van der Waals surface area contributed by atoms with E-state index in [4.69, 9.17) is 4.74 Å². The van der Waals surface area contributed by atoms with Crippen LogP contribution >= 0.6 is 0 Å². The summed E-state index contributed by atoms with van der Waals surface area (Å²) in [7, 11) is 1.72. The largest absolute Gasteiger partial charge is 0.497 e. The van der Waals surface area contributed by atoms with Crippen LogP contribution in [0, 0.1) is 0 Å². The summed E-state index contributed by atoms with van der Waals surface area (Å²) in [5, 5.41) is 1.26. The predicted molar refractivity (Wildman–Crippen MR) is 103 cm³/mol. The predicted octanol–water partition coefficient (Wildman–Crippen LogP) is 5.29. The van der Waals surface area contributed by atoms with E-state index >= 15 is 0 Å². The van der Waals surface area contributed by atoms with E-state index in [0.29, 0.717) is 0 Å². The molecule has 0 unspecified atom stereocenters. The summed E-state index contributed by atoms with van der Waals surface area (Å²) in [6.45, 7) is 0.873. The topological polar surface area (TPSA) is 14.2 Å². The number of hydrogen-bond acceptors (Lipinski definition) is 1. The van der Waals surface area contributed by atoms with Crippen molar-refractivity contribution >= 4 is 10.9 Å². The lowest BCUT2D eigenvalue weighted by atomic mass is 10.0. The van der Waals surface area contributed by atoms with Gasteiger partial charge in [-0.2, -0.15) is 0 Å². The van der Waals surface area contributed by atoms with Crippen molar-refractivity contribution < 1.29 is 4.74 Å². The molecule has 0 saturated heterocycles. The summed E-state index contributed by atoms with van der Waals surface area (Å²) in [6, 6.07) is 27.5. The molecule has 4 rings (SSSR count). The summed E-state index contributed by atoms with van der Waals surface area (Å²) in [5.74, 6) is 0.902. The third kappa shape index (κ3) is 3.29. The van der Waals surface area contributed by atoms with Crippen molar-refractivity contribution in [3.05, 3.63) is 102 Å². The second kappa shape index (κ2) is 6.86. The fraction of sp³-hybridized carbons (Fsp3) is 0.130.